The van der Waals surface area contributed by atoms with Gasteiger partial charge in [-0.25, -0.2) is 4.68 Å². The molecule has 5 nitrogen and oxygen atoms in total. The highest BCUT2D eigenvalue weighted by Gasteiger charge is 2.34. The van der Waals surface area contributed by atoms with Gasteiger partial charge in [0.05, 0.1) is 18.8 Å². The number of methoxy groups -OCH3 is 1. The zero-order valence-corrected chi connectivity index (χ0v) is 16.9. The minimum atomic E-state index is -2.83. The topological polar surface area (TPSA) is 48.1 Å². The molecule has 1 saturated carbocycles. The van der Waals surface area contributed by atoms with E-state index in [0.29, 0.717) is 30.9 Å². The smallest absolute Gasteiger partial charge is 0.387 e. The second-order valence-electron chi connectivity index (χ2n) is 7.20. The molecule has 0 spiro atoms. The fraction of sp³-hybridized carbons (Fsp3) is 0.429. The summed E-state index contributed by atoms with van der Waals surface area (Å²) >= 11 is 1.50. The summed E-state index contributed by atoms with van der Waals surface area (Å²) in [6, 6.07) is 6.58. The van der Waals surface area contributed by atoms with Crippen molar-refractivity contribution in [2.75, 3.05) is 20.3 Å². The van der Waals surface area contributed by atoms with Crippen LogP contribution >= 0.6 is 11.3 Å². The van der Waals surface area contributed by atoms with Crippen LogP contribution in [0, 0.1) is 17.8 Å². The predicted molar refractivity (Wildman–Crippen MR) is 109 cm³/mol. The van der Waals surface area contributed by atoms with Crippen molar-refractivity contribution in [3.63, 3.8) is 0 Å². The molecule has 0 N–H and O–H groups in total. The normalized spacial score (nSPS) is 23.7. The molecule has 0 radical (unpaired) electrons. The molecule has 0 aliphatic heterocycles. The highest BCUT2D eigenvalue weighted by molar-refractivity contribution is 7.07. The second-order valence-corrected chi connectivity index (χ2v) is 8.04. The Morgan fingerprint density at radius 1 is 1.24 bits per heavy atom. The molecule has 2 bridgehead atoms. The molecule has 3 unspecified atom stereocenters. The fourth-order valence-electron chi connectivity index (χ4n) is 3.90. The van der Waals surface area contributed by atoms with Gasteiger partial charge in [-0.1, -0.05) is 12.2 Å². The minimum absolute atomic E-state index is 0.132. The van der Waals surface area contributed by atoms with E-state index in [1.807, 2.05) is 16.3 Å². The van der Waals surface area contributed by atoms with Gasteiger partial charge in [-0.05, 0) is 48.9 Å². The molecule has 4 rings (SSSR count). The van der Waals surface area contributed by atoms with Crippen LogP contribution in [0.25, 0.3) is 11.3 Å². The van der Waals surface area contributed by atoms with E-state index >= 15 is 0 Å². The van der Waals surface area contributed by atoms with Crippen molar-refractivity contribution < 1.29 is 18.3 Å². The van der Waals surface area contributed by atoms with E-state index in [-0.39, 0.29) is 5.75 Å². The van der Waals surface area contributed by atoms with E-state index in [2.05, 4.69) is 21.9 Å². The molecule has 2 aliphatic rings. The molecule has 2 aromatic rings. The highest BCUT2D eigenvalue weighted by atomic mass is 32.1. The van der Waals surface area contributed by atoms with Gasteiger partial charge < -0.3 is 9.47 Å². The summed E-state index contributed by atoms with van der Waals surface area (Å²) in [6.07, 6.45) is 9.01. The number of aromatic nitrogens is 1. The van der Waals surface area contributed by atoms with Crippen molar-refractivity contribution in [3.05, 3.63) is 46.6 Å². The molecule has 1 fully saturated rings. The number of fused-ring (bicyclic) bond motifs is 2. The van der Waals surface area contributed by atoms with Gasteiger partial charge in [0.2, 0.25) is 4.80 Å². The lowest BCUT2D eigenvalue weighted by atomic mass is 9.95. The highest BCUT2D eigenvalue weighted by Crippen LogP contribution is 2.42. The maximum Gasteiger partial charge on any atom is 0.387 e. The van der Waals surface area contributed by atoms with Gasteiger partial charge >= 0.3 is 6.61 Å². The average Bonchev–Trinajstić information content (AvgIpc) is 3.42. The van der Waals surface area contributed by atoms with Crippen LogP contribution in [0.4, 0.5) is 8.78 Å². The number of hydrogen-bond acceptors (Lipinski definition) is 5. The van der Waals surface area contributed by atoms with Crippen LogP contribution in [0.3, 0.4) is 0 Å². The summed E-state index contributed by atoms with van der Waals surface area (Å²) in [4.78, 5) is 5.37. The summed E-state index contributed by atoms with van der Waals surface area (Å²) in [5.41, 5.74) is 1.73. The Labute approximate surface area is 172 Å². The van der Waals surface area contributed by atoms with E-state index < -0.39 is 6.61 Å². The maximum atomic E-state index is 12.4. The molecule has 29 heavy (non-hydrogen) atoms. The number of rotatable bonds is 8. The van der Waals surface area contributed by atoms with E-state index in [4.69, 9.17) is 9.84 Å². The van der Waals surface area contributed by atoms with Crippen LogP contribution in [0.5, 0.6) is 5.75 Å². The number of benzene rings is 1. The van der Waals surface area contributed by atoms with Crippen molar-refractivity contribution in [1.29, 1.82) is 0 Å². The van der Waals surface area contributed by atoms with E-state index in [1.54, 1.807) is 19.2 Å². The summed E-state index contributed by atoms with van der Waals surface area (Å²) in [5.74, 6) is 1.83. The molecular weight excluding hydrogens is 396 g/mol. The second kappa shape index (κ2) is 9.00. The van der Waals surface area contributed by atoms with Crippen LogP contribution in [-0.4, -0.2) is 37.8 Å². The van der Waals surface area contributed by atoms with E-state index in [9.17, 15) is 8.78 Å². The largest absolute Gasteiger partial charge is 0.435 e. The zero-order valence-electron chi connectivity index (χ0n) is 16.1. The van der Waals surface area contributed by atoms with E-state index in [0.717, 1.165) is 22.5 Å². The van der Waals surface area contributed by atoms with Crippen LogP contribution in [-0.2, 0) is 4.74 Å². The van der Waals surface area contributed by atoms with Crippen molar-refractivity contribution >= 4 is 17.6 Å². The number of nitrogens with zero attached hydrogens (tertiary/aromatic N) is 3. The lowest BCUT2D eigenvalue weighted by Gasteiger charge is -2.12. The first-order chi connectivity index (χ1) is 14.1. The van der Waals surface area contributed by atoms with Crippen molar-refractivity contribution in [1.82, 2.24) is 4.68 Å². The number of hydrogen-bond donors (Lipinski definition) is 0. The Balaban J connectivity index is 1.63. The Morgan fingerprint density at radius 3 is 2.72 bits per heavy atom. The van der Waals surface area contributed by atoms with Gasteiger partial charge in [-0.3, -0.25) is 4.99 Å². The molecule has 1 heterocycles. The fourth-order valence-corrected chi connectivity index (χ4v) is 4.77. The summed E-state index contributed by atoms with van der Waals surface area (Å²) in [7, 11) is 1.65. The number of ether oxygens (including phenoxy) is 2. The van der Waals surface area contributed by atoms with Crippen LogP contribution in [0.1, 0.15) is 12.8 Å². The van der Waals surface area contributed by atoms with Crippen LogP contribution in [0.15, 0.2) is 51.9 Å². The third-order valence-corrected chi connectivity index (χ3v) is 6.16. The lowest BCUT2D eigenvalue weighted by Crippen LogP contribution is -2.16. The molecule has 154 valence electrons. The predicted octanol–water partition coefficient (Wildman–Crippen LogP) is 4.41. The molecule has 3 atom stereocenters. The standard InChI is InChI=1S/C21H23F2N3O2S/c1-27-9-8-24-21-26(25-12-17-11-14-2-3-16(17)10-14)19(13-29-21)15-4-6-18(7-5-15)28-20(22)23/h2-7,12-14,16-17,20H,8-11H2,1H3/b24-21?,25-12+. The van der Waals surface area contributed by atoms with E-state index in [1.165, 1.54) is 29.9 Å². The molecule has 2 aliphatic carbocycles. The third kappa shape index (κ3) is 4.64. The zero-order chi connectivity index (χ0) is 20.2. The van der Waals surface area contributed by atoms with Gasteiger partial charge in [0.15, 0.2) is 0 Å². The van der Waals surface area contributed by atoms with Gasteiger partial charge in [0.1, 0.15) is 5.75 Å². The molecular formula is C21H23F2N3O2S. The average molecular weight is 419 g/mol. The first kappa shape index (κ1) is 20.0. The van der Waals surface area contributed by atoms with Crippen molar-refractivity contribution in [2.45, 2.75) is 19.5 Å². The molecule has 1 aromatic carbocycles. The first-order valence-corrected chi connectivity index (χ1v) is 10.5. The summed E-state index contributed by atoms with van der Waals surface area (Å²) in [6.45, 7) is -1.75. The maximum absolute atomic E-state index is 12.4. The number of allylic oxidation sites excluding steroid dienone is 2. The number of alkyl halides is 2. The monoisotopic (exact) mass is 419 g/mol. The summed E-state index contributed by atoms with van der Waals surface area (Å²) < 4.78 is 36.2. The molecule has 0 saturated heterocycles. The lowest BCUT2D eigenvalue weighted by molar-refractivity contribution is -0.0498. The summed E-state index contributed by atoms with van der Waals surface area (Å²) in [5, 5.41) is 6.75. The quantitative estimate of drug-likeness (QED) is 0.362. The van der Waals surface area contributed by atoms with Crippen molar-refractivity contribution in [2.24, 2.45) is 27.8 Å². The van der Waals surface area contributed by atoms with Crippen molar-refractivity contribution in [3.8, 4) is 17.0 Å². The molecule has 1 aromatic heterocycles. The Hall–Kier alpha value is -2.32. The first-order valence-electron chi connectivity index (χ1n) is 9.62. The molecule has 8 heteroatoms. The van der Waals surface area contributed by atoms with Gasteiger partial charge in [-0.15, -0.1) is 11.3 Å². The minimum Gasteiger partial charge on any atom is -0.435 e. The Kier molecular flexibility index (Phi) is 6.20. The molecule has 0 amide bonds. The van der Waals surface area contributed by atoms with Crippen LogP contribution < -0.4 is 9.54 Å². The van der Waals surface area contributed by atoms with Gasteiger partial charge in [-0.2, -0.15) is 13.9 Å². The third-order valence-electron chi connectivity index (χ3n) is 5.31. The Morgan fingerprint density at radius 2 is 2.07 bits per heavy atom. The van der Waals surface area contributed by atoms with Gasteiger partial charge in [0, 0.05) is 30.2 Å². The Bertz CT molecular complexity index is 950. The van der Waals surface area contributed by atoms with Crippen LogP contribution in [0.2, 0.25) is 0 Å². The number of thiazole rings is 1. The SMILES string of the molecule is COCCN=c1scc(-c2ccc(OC(F)F)cc2)n1/N=C/C1CC2C=CC1C2. The van der Waals surface area contributed by atoms with Gasteiger partial charge in [0.25, 0.3) is 0 Å². The number of halogens is 2.